The van der Waals surface area contributed by atoms with E-state index >= 15 is 0 Å². The van der Waals surface area contributed by atoms with Gasteiger partial charge in [0.1, 0.15) is 17.6 Å². The maximum atomic E-state index is 11.2. The quantitative estimate of drug-likeness (QED) is 0.814. The lowest BCUT2D eigenvalue weighted by molar-refractivity contribution is 0.340. The van der Waals surface area contributed by atoms with E-state index in [0.717, 1.165) is 11.3 Å². The van der Waals surface area contributed by atoms with Crippen molar-refractivity contribution in [1.29, 1.82) is 0 Å². The number of rotatable bonds is 3. The molecule has 0 aromatic heterocycles. The summed E-state index contributed by atoms with van der Waals surface area (Å²) in [6, 6.07) is 6.45. The molecule has 1 aliphatic heterocycles. The monoisotopic (exact) mass is 255 g/mol. The molecule has 92 valence electrons. The fourth-order valence-corrected chi connectivity index (χ4v) is 2.58. The average Bonchev–Trinajstić information content (AvgIpc) is 2.54. The summed E-state index contributed by atoms with van der Waals surface area (Å²) < 4.78 is 33.4. The highest BCUT2D eigenvalue weighted by molar-refractivity contribution is 7.88. The number of nitrogens with zero attached hydrogens (tertiary/aromatic N) is 1. The number of ether oxygens (including phenoxy) is 1. The Morgan fingerprint density at radius 2 is 2.06 bits per heavy atom. The molecule has 0 aliphatic carbocycles. The van der Waals surface area contributed by atoms with Crippen LogP contribution in [0.15, 0.2) is 28.7 Å². The van der Waals surface area contributed by atoms with Crippen molar-refractivity contribution in [3.8, 4) is 5.75 Å². The van der Waals surface area contributed by atoms with Crippen LogP contribution in [-0.4, -0.2) is 20.9 Å². The predicted molar refractivity (Wildman–Crippen MR) is 64.0 cm³/mol. The zero-order chi connectivity index (χ0) is 12.5. The van der Waals surface area contributed by atoms with Crippen LogP contribution < -0.4 is 15.2 Å². The second-order valence-corrected chi connectivity index (χ2v) is 4.91. The van der Waals surface area contributed by atoms with Gasteiger partial charge in [0.15, 0.2) is 0 Å². The minimum Gasteiger partial charge on any atom is -0.494 e. The molecule has 1 aliphatic rings. The van der Waals surface area contributed by atoms with Crippen molar-refractivity contribution in [2.45, 2.75) is 13.0 Å². The fraction of sp³-hybridized carbons (Fsp3) is 0.300. The van der Waals surface area contributed by atoms with Gasteiger partial charge in [0, 0.05) is 0 Å². The number of nitrogens with one attached hydrogen (secondary N) is 1. The van der Waals surface area contributed by atoms with Gasteiger partial charge in [-0.05, 0) is 24.6 Å². The molecule has 1 atom stereocenters. The Bertz CT molecular complexity index is 536. The molecule has 0 amide bonds. The van der Waals surface area contributed by atoms with Crippen LogP contribution in [0.3, 0.4) is 0 Å². The molecule has 0 radical (unpaired) electrons. The van der Waals surface area contributed by atoms with Gasteiger partial charge >= 0.3 is 10.2 Å². The molecule has 0 spiro atoms. The largest absolute Gasteiger partial charge is 0.494 e. The van der Waals surface area contributed by atoms with E-state index in [1.807, 2.05) is 6.92 Å². The summed E-state index contributed by atoms with van der Waals surface area (Å²) in [6.07, 6.45) is 0. The normalized spacial score (nSPS) is 22.2. The Morgan fingerprint density at radius 3 is 2.53 bits per heavy atom. The molecule has 0 saturated carbocycles. The maximum absolute atomic E-state index is 11.2. The fourth-order valence-electron chi connectivity index (χ4n) is 1.59. The molecule has 2 rings (SSSR count). The third kappa shape index (κ3) is 2.56. The minimum atomic E-state index is -3.63. The van der Waals surface area contributed by atoms with Gasteiger partial charge in [0.2, 0.25) is 0 Å². The average molecular weight is 255 g/mol. The van der Waals surface area contributed by atoms with Crippen LogP contribution in [0.4, 0.5) is 0 Å². The van der Waals surface area contributed by atoms with Crippen molar-refractivity contribution in [2.24, 2.45) is 10.1 Å². The van der Waals surface area contributed by atoms with Gasteiger partial charge in [-0.15, -0.1) is 4.40 Å². The van der Waals surface area contributed by atoms with Gasteiger partial charge in [-0.2, -0.15) is 13.1 Å². The van der Waals surface area contributed by atoms with Gasteiger partial charge in [-0.1, -0.05) is 12.1 Å². The van der Waals surface area contributed by atoms with Crippen molar-refractivity contribution in [3.05, 3.63) is 29.8 Å². The third-order valence-corrected chi connectivity index (χ3v) is 3.30. The summed E-state index contributed by atoms with van der Waals surface area (Å²) in [4.78, 5) is 0. The molecule has 1 aromatic rings. The molecule has 0 fully saturated rings. The van der Waals surface area contributed by atoms with Crippen molar-refractivity contribution < 1.29 is 13.2 Å². The first-order valence-electron chi connectivity index (χ1n) is 5.12. The van der Waals surface area contributed by atoms with Crippen LogP contribution in [-0.2, 0) is 10.2 Å². The molecule has 0 bridgehead atoms. The van der Waals surface area contributed by atoms with Gasteiger partial charge < -0.3 is 10.5 Å². The molecule has 1 aromatic carbocycles. The van der Waals surface area contributed by atoms with Crippen LogP contribution in [0.1, 0.15) is 18.5 Å². The van der Waals surface area contributed by atoms with E-state index in [0.29, 0.717) is 6.61 Å². The number of amidine groups is 1. The topological polar surface area (TPSA) is 93.8 Å². The first-order chi connectivity index (χ1) is 8.02. The second-order valence-electron chi connectivity index (χ2n) is 3.54. The summed E-state index contributed by atoms with van der Waals surface area (Å²) in [5.41, 5.74) is 6.29. The molecule has 7 heteroatoms. The lowest BCUT2D eigenvalue weighted by Crippen LogP contribution is -2.28. The van der Waals surface area contributed by atoms with Gasteiger partial charge in [-0.3, -0.25) is 0 Å². The molecule has 3 N–H and O–H groups in total. The van der Waals surface area contributed by atoms with Crippen LogP contribution in [0.2, 0.25) is 0 Å². The third-order valence-electron chi connectivity index (χ3n) is 2.31. The van der Waals surface area contributed by atoms with Gasteiger partial charge in [0.05, 0.1) is 6.61 Å². The molecule has 0 unspecified atom stereocenters. The van der Waals surface area contributed by atoms with Crippen molar-refractivity contribution in [1.82, 2.24) is 4.72 Å². The van der Waals surface area contributed by atoms with Gasteiger partial charge in [0.25, 0.3) is 0 Å². The summed E-state index contributed by atoms with van der Waals surface area (Å²) >= 11 is 0. The SMILES string of the molecule is CCOc1ccc([C@@H]2NS(=O)(=O)N=C2N)cc1. The first-order valence-corrected chi connectivity index (χ1v) is 6.56. The Balaban J connectivity index is 2.22. The van der Waals surface area contributed by atoms with Crippen molar-refractivity contribution in [2.75, 3.05) is 6.61 Å². The highest BCUT2D eigenvalue weighted by Crippen LogP contribution is 2.22. The zero-order valence-electron chi connectivity index (χ0n) is 9.25. The Labute approximate surface area is 99.7 Å². The standard InChI is InChI=1S/C10H13N3O3S/c1-2-16-8-5-3-7(4-6-8)9-10(11)13-17(14,15)12-9/h3-6,9,12H,2H2,1H3,(H2,11,13)/t9-/m0/s1. The molecule has 6 nitrogen and oxygen atoms in total. The van der Waals surface area contributed by atoms with Crippen LogP contribution in [0.5, 0.6) is 5.75 Å². The lowest BCUT2D eigenvalue weighted by atomic mass is 10.1. The van der Waals surface area contributed by atoms with Crippen molar-refractivity contribution in [3.63, 3.8) is 0 Å². The number of hydrogen-bond acceptors (Lipinski definition) is 4. The zero-order valence-corrected chi connectivity index (χ0v) is 10.1. The van der Waals surface area contributed by atoms with E-state index in [2.05, 4.69) is 9.12 Å². The van der Waals surface area contributed by atoms with Crippen LogP contribution >= 0.6 is 0 Å². The van der Waals surface area contributed by atoms with Gasteiger partial charge in [-0.25, -0.2) is 0 Å². The van der Waals surface area contributed by atoms with Crippen LogP contribution in [0.25, 0.3) is 0 Å². The van der Waals surface area contributed by atoms with Crippen molar-refractivity contribution >= 4 is 16.0 Å². The number of benzene rings is 1. The van der Waals surface area contributed by atoms with E-state index in [4.69, 9.17) is 10.5 Å². The Kier molecular flexibility index (Phi) is 3.03. The summed E-state index contributed by atoms with van der Waals surface area (Å²) in [7, 11) is -3.63. The summed E-state index contributed by atoms with van der Waals surface area (Å²) in [6.45, 7) is 2.47. The first kappa shape index (κ1) is 11.9. The number of hydrogen-bond donors (Lipinski definition) is 2. The second kappa shape index (κ2) is 4.34. The van der Waals surface area contributed by atoms with Crippen LogP contribution in [0, 0.1) is 0 Å². The summed E-state index contributed by atoms with van der Waals surface area (Å²) in [5.74, 6) is 0.779. The molecule has 0 saturated heterocycles. The Hall–Kier alpha value is -1.60. The van der Waals surface area contributed by atoms with E-state index < -0.39 is 16.3 Å². The molecular formula is C10H13N3O3S. The van der Waals surface area contributed by atoms with E-state index in [-0.39, 0.29) is 5.84 Å². The minimum absolute atomic E-state index is 0.0501. The molecule has 1 heterocycles. The Morgan fingerprint density at radius 1 is 1.41 bits per heavy atom. The maximum Gasteiger partial charge on any atom is 0.322 e. The highest BCUT2D eigenvalue weighted by atomic mass is 32.2. The lowest BCUT2D eigenvalue weighted by Gasteiger charge is -2.10. The predicted octanol–water partition coefficient (Wildman–Crippen LogP) is 0.332. The molecular weight excluding hydrogens is 242 g/mol. The van der Waals surface area contributed by atoms with E-state index in [1.54, 1.807) is 24.3 Å². The smallest absolute Gasteiger partial charge is 0.322 e. The highest BCUT2D eigenvalue weighted by Gasteiger charge is 2.29. The summed E-state index contributed by atoms with van der Waals surface area (Å²) in [5, 5.41) is 0. The molecule has 17 heavy (non-hydrogen) atoms. The van der Waals surface area contributed by atoms with E-state index in [9.17, 15) is 8.42 Å². The number of nitrogens with two attached hydrogens (primary N) is 1. The van der Waals surface area contributed by atoms with E-state index in [1.165, 1.54) is 0 Å².